The van der Waals surface area contributed by atoms with Crippen molar-refractivity contribution in [3.63, 3.8) is 0 Å². The van der Waals surface area contributed by atoms with Gasteiger partial charge < -0.3 is 49.7 Å². The fourth-order valence-electron chi connectivity index (χ4n) is 11.6. The van der Waals surface area contributed by atoms with Crippen LogP contribution in [0.4, 0.5) is 10.5 Å². The van der Waals surface area contributed by atoms with Gasteiger partial charge in [-0.25, -0.2) is 9.59 Å². The zero-order chi connectivity index (χ0) is 63.6. The highest BCUT2D eigenvalue weighted by molar-refractivity contribution is 8.00. The Morgan fingerprint density at radius 2 is 1.65 bits per heavy atom. The van der Waals surface area contributed by atoms with Crippen LogP contribution in [0.15, 0.2) is 35.9 Å². The van der Waals surface area contributed by atoms with E-state index in [2.05, 4.69) is 22.9 Å². The number of likely N-dealkylation sites (N-methyl/N-ethyl adjacent to an activating group) is 1. The Morgan fingerprint density at radius 1 is 0.953 bits per heavy atom. The van der Waals surface area contributed by atoms with Gasteiger partial charge in [-0.1, -0.05) is 87.9 Å². The number of aliphatic hydroxyl groups is 1. The number of aryl methyl sites for hydroxylation is 1. The number of hydrogen-bond acceptors (Lipinski definition) is 15. The number of fused-ring (bicyclic) bond motifs is 5. The minimum Gasteiger partial charge on any atom is -0.480 e. The van der Waals surface area contributed by atoms with E-state index >= 15 is 0 Å². The van der Waals surface area contributed by atoms with Gasteiger partial charge in [0.2, 0.25) is 23.6 Å². The summed E-state index contributed by atoms with van der Waals surface area (Å²) in [5.74, 6) is -4.71. The van der Waals surface area contributed by atoms with E-state index in [1.807, 2.05) is 38.1 Å². The Hall–Kier alpha value is -5.64. The maximum atomic E-state index is 14.4. The lowest BCUT2D eigenvalue weighted by molar-refractivity contribution is -0.162. The maximum Gasteiger partial charge on any atom is 0.409 e. The van der Waals surface area contributed by atoms with Gasteiger partial charge in [0.1, 0.15) is 46.4 Å². The van der Waals surface area contributed by atoms with Crippen LogP contribution in [0.3, 0.4) is 0 Å². The number of esters is 1. The second kappa shape index (κ2) is 33.1. The van der Waals surface area contributed by atoms with E-state index in [0.29, 0.717) is 68.6 Å². The molecule has 3 aliphatic heterocycles. The van der Waals surface area contributed by atoms with Crippen molar-refractivity contribution < 1.29 is 72.4 Å². The van der Waals surface area contributed by atoms with Gasteiger partial charge in [-0.05, 0) is 109 Å². The number of carboxylic acid groups (broad SMARTS) is 1. The van der Waals surface area contributed by atoms with Crippen molar-refractivity contribution in [1.82, 2.24) is 20.9 Å². The summed E-state index contributed by atoms with van der Waals surface area (Å²) in [6.45, 7) is 14.4. The molecule has 20 nitrogen and oxygen atoms in total. The minimum absolute atomic E-state index is 0.00480. The number of halogens is 1. The first-order valence-corrected chi connectivity index (χ1v) is 32.2. The Morgan fingerprint density at radius 3 is 2.33 bits per heavy atom. The number of Topliss-reactive ketones (excluding diaryl/α,β-unsaturated/α-hetero) is 3. The van der Waals surface area contributed by atoms with Gasteiger partial charge >= 0.3 is 18.0 Å². The molecule has 5 rings (SSSR count). The van der Waals surface area contributed by atoms with Crippen LogP contribution in [0, 0.1) is 30.6 Å². The van der Waals surface area contributed by atoms with Crippen LogP contribution in [0.1, 0.15) is 182 Å². The summed E-state index contributed by atoms with van der Waals surface area (Å²) in [5, 5.41) is 29.4. The number of ketones is 3. The number of aliphatic carboxylic acids is 1. The van der Waals surface area contributed by atoms with E-state index < -0.39 is 94.6 Å². The van der Waals surface area contributed by atoms with Crippen LogP contribution in [-0.2, 0) is 63.8 Å². The number of thioether (sulfide) groups is 1. The van der Waals surface area contributed by atoms with Crippen LogP contribution in [-0.4, -0.2) is 147 Å². The molecule has 1 aromatic carbocycles. The highest BCUT2D eigenvalue weighted by Crippen LogP contribution is 2.49. The molecule has 0 spiro atoms. The van der Waals surface area contributed by atoms with Gasteiger partial charge in [-0.15, -0.1) is 11.8 Å². The van der Waals surface area contributed by atoms with Crippen molar-refractivity contribution in [2.24, 2.45) is 23.7 Å². The number of nitrogens with zero attached hydrogens (tertiary/aromatic N) is 2. The molecule has 2 saturated heterocycles. The number of carboxylic acids is 1. The highest BCUT2D eigenvalue weighted by atomic mass is 35.5. The molecule has 5 amide bonds. The zero-order valence-corrected chi connectivity index (χ0v) is 53.7. The van der Waals surface area contributed by atoms with Crippen LogP contribution in [0.25, 0.3) is 0 Å². The van der Waals surface area contributed by atoms with E-state index in [1.54, 1.807) is 33.9 Å². The summed E-state index contributed by atoms with van der Waals surface area (Å²) in [6, 6.07) is 1.95. The fourth-order valence-corrected chi connectivity index (χ4v) is 12.9. The van der Waals surface area contributed by atoms with Crippen LogP contribution >= 0.6 is 23.4 Å². The van der Waals surface area contributed by atoms with Crippen LogP contribution in [0.2, 0.25) is 5.02 Å². The Balaban J connectivity index is 1.10. The molecular formula is C64H94ClN5O15S. The molecule has 0 radical (unpaired) electrons. The van der Waals surface area contributed by atoms with E-state index in [4.69, 9.17) is 25.8 Å². The van der Waals surface area contributed by atoms with E-state index in [0.717, 1.165) is 67.0 Å². The van der Waals surface area contributed by atoms with Gasteiger partial charge in [0.25, 0.3) is 0 Å². The summed E-state index contributed by atoms with van der Waals surface area (Å²) >= 11 is 7.77. The fraction of sp³-hybridized carbons (Fsp3) is 0.688. The minimum atomic E-state index is -1.67. The van der Waals surface area contributed by atoms with E-state index in [1.165, 1.54) is 30.7 Å². The molecule has 86 heavy (non-hydrogen) atoms. The number of epoxide rings is 1. The monoisotopic (exact) mass is 1240 g/mol. The van der Waals surface area contributed by atoms with Gasteiger partial charge in [0.05, 0.1) is 29.3 Å². The number of unbranched alkanes of at least 4 members (excludes halogenated alkanes) is 4. The molecule has 0 aromatic heterocycles. The van der Waals surface area contributed by atoms with Gasteiger partial charge in [-0.3, -0.25) is 38.9 Å². The molecule has 3 fully saturated rings. The average Bonchev–Trinajstić information content (AvgIpc) is 1.62. The predicted molar refractivity (Wildman–Crippen MR) is 328 cm³/mol. The van der Waals surface area contributed by atoms with Crippen molar-refractivity contribution in [1.29, 1.82) is 0 Å². The number of hydrogen-bond donors (Lipinski definition) is 5. The topological polar surface area (TPSA) is 285 Å². The van der Waals surface area contributed by atoms with Crippen molar-refractivity contribution in [2.45, 2.75) is 231 Å². The third-order valence-corrected chi connectivity index (χ3v) is 19.4. The summed E-state index contributed by atoms with van der Waals surface area (Å²) < 4.78 is 18.2. The first kappa shape index (κ1) is 71.1. The normalized spacial score (nSPS) is 27.0. The van der Waals surface area contributed by atoms with E-state index in [9.17, 15) is 58.2 Å². The lowest BCUT2D eigenvalue weighted by Crippen LogP contribution is -2.60. The Bertz CT molecular complexity index is 2680. The molecule has 5 N–H and O–H groups in total. The first-order chi connectivity index (χ1) is 40.6. The van der Waals surface area contributed by atoms with Crippen molar-refractivity contribution in [3.8, 4) is 0 Å². The number of amides is 5. The number of carbonyl (C=O) groups excluding carboxylic acids is 9. The van der Waals surface area contributed by atoms with Crippen LogP contribution < -0.4 is 20.9 Å². The average molecular weight is 1240 g/mol. The largest absolute Gasteiger partial charge is 0.480 e. The molecule has 1 aliphatic carbocycles. The van der Waals surface area contributed by atoms with Crippen molar-refractivity contribution in [2.75, 3.05) is 31.3 Å². The number of nitrogens with one attached hydrogen (secondary N) is 3. The third kappa shape index (κ3) is 20.7. The zero-order valence-electron chi connectivity index (χ0n) is 52.1. The number of allylic oxidation sites excluding steroid dienone is 3. The Kier molecular flexibility index (Phi) is 27.4. The van der Waals surface area contributed by atoms with Gasteiger partial charge in [-0.2, -0.15) is 0 Å². The summed E-state index contributed by atoms with van der Waals surface area (Å²) in [4.78, 5) is 133. The number of benzene rings is 1. The molecule has 10 atom stereocenters. The number of ether oxygens (including phenoxy) is 3. The second-order valence-corrected chi connectivity index (χ2v) is 26.3. The van der Waals surface area contributed by atoms with Gasteiger partial charge in [0, 0.05) is 89.1 Å². The summed E-state index contributed by atoms with van der Waals surface area (Å²) in [7, 11) is 3.00. The standard InChI is InChI=1S/C64H94ClN5O15S/c1-11-12-14-22-54(74)67-47(50(73)28-23-41(5)71)20-15-13-16-21-49(72)46-26-24-44(25-27-46)37-66-55(75)34-52(60(78)79)86-30-29-56(76)69(9)43(7)61(80)84-53-35-57(77)70(10)48-33-45(32-39(3)58(48)65)31-38(2)18-17-19-40(4)64(82)36-51(83-62(81)68-64)42(6)59-63(53,8)85-59/h17-19,32-33,40,42-44,46-47,51-53,59,82H,11-16,20-31,34-37H2,1-10H3,(H,66,75)(H,67,74)(H,68,81)(H,78,79)/b19-17+,38-18+/t40-,42+,43-,44?,46?,47?,51?,52?,53-,59-,63-,64-/m0/s1. The molecule has 3 unspecified atom stereocenters. The SMILES string of the molecule is CCCCCC(=O)NC(CCCCCC(=O)C1CCC(CNC(=O)CC(SCCC(=O)N(C)[C@@H](C)C(=O)O[C@H]2CC(=O)N(C)c3cc(cc(C)c3Cl)C/C(C)=C/C=C/[C@H](C)[C@@]3(O)CC(OC(=O)N3)[C@@H](C)[C@@H]3O[C@@]23C)C(=O)O)CC1)C(=O)CCC(C)=O. The third-order valence-electron chi connectivity index (χ3n) is 17.7. The lowest BCUT2D eigenvalue weighted by Gasteiger charge is -2.41. The molecule has 478 valence electrons. The number of carbonyl (C=O) groups is 10. The summed E-state index contributed by atoms with van der Waals surface area (Å²) in [6.07, 6.45) is 10.6. The van der Waals surface area contributed by atoms with Crippen molar-refractivity contribution in [3.05, 3.63) is 52.1 Å². The highest BCUT2D eigenvalue weighted by Gasteiger charge is 2.64. The van der Waals surface area contributed by atoms with Crippen LogP contribution in [0.5, 0.6) is 0 Å². The van der Waals surface area contributed by atoms with Gasteiger partial charge in [0.15, 0.2) is 5.78 Å². The molecular weight excluding hydrogens is 1150 g/mol. The van der Waals surface area contributed by atoms with E-state index in [-0.39, 0.29) is 79.4 Å². The molecule has 4 bridgehead atoms. The molecule has 22 heteroatoms. The molecule has 3 heterocycles. The molecule has 4 aliphatic rings. The second-order valence-electron chi connectivity index (χ2n) is 24.6. The lowest BCUT2D eigenvalue weighted by atomic mass is 9.79. The number of rotatable bonds is 28. The maximum absolute atomic E-state index is 14.4. The Labute approximate surface area is 516 Å². The molecule has 1 saturated carbocycles. The molecule has 1 aromatic rings. The summed E-state index contributed by atoms with van der Waals surface area (Å²) in [5.41, 5.74) is 0.0922. The first-order valence-electron chi connectivity index (χ1n) is 30.8. The smallest absolute Gasteiger partial charge is 0.409 e. The number of alkyl carbamates (subject to hydrolysis) is 1. The number of anilines is 1. The predicted octanol–water partition coefficient (Wildman–Crippen LogP) is 8.85. The quantitative estimate of drug-likeness (QED) is 0.0297. The van der Waals surface area contributed by atoms with Crippen molar-refractivity contribution >= 4 is 88.1 Å².